The number of nitrogens with one attached hydrogen (secondary N) is 1. The third kappa shape index (κ3) is 2.68. The lowest BCUT2D eigenvalue weighted by atomic mass is 10.2. The summed E-state index contributed by atoms with van der Waals surface area (Å²) in [5.74, 6) is -0.479. The first-order valence-corrected chi connectivity index (χ1v) is 6.00. The van der Waals surface area contributed by atoms with E-state index < -0.39 is 5.82 Å². The van der Waals surface area contributed by atoms with Crippen LogP contribution in [0, 0.1) is 12.7 Å². The Morgan fingerprint density at radius 3 is 2.28 bits per heavy atom. The summed E-state index contributed by atoms with van der Waals surface area (Å²) in [4.78, 5) is 0. The number of aryl methyl sites for hydroxylation is 1. The fraction of sp³-hybridized carbons (Fsp3) is 0.0769. The van der Waals surface area contributed by atoms with E-state index >= 15 is 0 Å². The van der Waals surface area contributed by atoms with E-state index in [9.17, 15) is 4.39 Å². The van der Waals surface area contributed by atoms with E-state index in [4.69, 9.17) is 28.9 Å². The van der Waals surface area contributed by atoms with Gasteiger partial charge in [0.25, 0.3) is 0 Å². The number of benzene rings is 2. The first-order chi connectivity index (χ1) is 8.47. The molecule has 0 atom stereocenters. The third-order valence-corrected chi connectivity index (χ3v) is 3.07. The minimum Gasteiger partial charge on any atom is -0.397 e. The highest BCUT2D eigenvalue weighted by Crippen LogP contribution is 2.35. The van der Waals surface area contributed by atoms with Crippen molar-refractivity contribution < 1.29 is 4.39 Å². The Balaban J connectivity index is 2.40. The minimum absolute atomic E-state index is 0.208. The molecule has 18 heavy (non-hydrogen) atoms. The molecule has 0 saturated carbocycles. The quantitative estimate of drug-likeness (QED) is 0.780. The molecule has 2 aromatic carbocycles. The smallest absolute Gasteiger partial charge is 0.126 e. The van der Waals surface area contributed by atoms with Gasteiger partial charge in [-0.1, -0.05) is 29.3 Å². The molecule has 0 aliphatic rings. The van der Waals surface area contributed by atoms with Gasteiger partial charge in [0, 0.05) is 0 Å². The lowest BCUT2D eigenvalue weighted by Crippen LogP contribution is -1.98. The van der Waals surface area contributed by atoms with E-state index in [0.717, 1.165) is 5.56 Å². The van der Waals surface area contributed by atoms with Crippen LogP contribution in [0.3, 0.4) is 0 Å². The Hall–Kier alpha value is -1.45. The second-order valence-corrected chi connectivity index (χ2v) is 4.77. The minimum atomic E-state index is -0.479. The van der Waals surface area contributed by atoms with Gasteiger partial charge in [-0.25, -0.2) is 4.39 Å². The predicted octanol–water partition coefficient (Wildman–Crippen LogP) is 4.77. The van der Waals surface area contributed by atoms with Crippen molar-refractivity contribution >= 4 is 40.3 Å². The van der Waals surface area contributed by atoms with Gasteiger partial charge in [0.15, 0.2) is 0 Å². The molecule has 0 aromatic heterocycles. The molecule has 0 aliphatic carbocycles. The molecule has 0 aliphatic heterocycles. The molecule has 0 spiro atoms. The molecule has 0 unspecified atom stereocenters. The van der Waals surface area contributed by atoms with Crippen LogP contribution in [-0.4, -0.2) is 0 Å². The van der Waals surface area contributed by atoms with E-state index in [0.29, 0.717) is 17.1 Å². The summed E-state index contributed by atoms with van der Waals surface area (Å²) < 4.78 is 13.1. The van der Waals surface area contributed by atoms with Crippen molar-refractivity contribution in [2.75, 3.05) is 11.1 Å². The Bertz CT molecular complexity index is 577. The zero-order valence-corrected chi connectivity index (χ0v) is 11.1. The van der Waals surface area contributed by atoms with Crippen molar-refractivity contribution in [2.45, 2.75) is 6.92 Å². The maximum atomic E-state index is 13.1. The number of nitrogens with two attached hydrogens (primary N) is 1. The number of hydrogen-bond donors (Lipinski definition) is 2. The van der Waals surface area contributed by atoms with Crippen molar-refractivity contribution in [3.05, 3.63) is 51.8 Å². The SMILES string of the molecule is Cc1ccc(Nc2c(Cl)cc(F)cc2Cl)c(N)c1. The Kier molecular flexibility index (Phi) is 3.64. The molecule has 5 heteroatoms. The summed E-state index contributed by atoms with van der Waals surface area (Å²) in [6.07, 6.45) is 0. The fourth-order valence-corrected chi connectivity index (χ4v) is 2.15. The maximum absolute atomic E-state index is 13.1. The topological polar surface area (TPSA) is 38.0 Å². The predicted molar refractivity (Wildman–Crippen MR) is 75.3 cm³/mol. The van der Waals surface area contributed by atoms with Crippen LogP contribution < -0.4 is 11.1 Å². The molecule has 0 fully saturated rings. The molecular weight excluding hydrogens is 274 g/mol. The normalized spacial score (nSPS) is 10.4. The molecule has 2 aromatic rings. The van der Waals surface area contributed by atoms with Gasteiger partial charge in [-0.05, 0) is 36.8 Å². The molecule has 0 saturated heterocycles. The van der Waals surface area contributed by atoms with E-state index in [2.05, 4.69) is 5.32 Å². The van der Waals surface area contributed by atoms with Crippen LogP contribution in [0.5, 0.6) is 0 Å². The Morgan fingerprint density at radius 1 is 1.11 bits per heavy atom. The zero-order valence-electron chi connectivity index (χ0n) is 9.60. The van der Waals surface area contributed by atoms with E-state index in [1.165, 1.54) is 12.1 Å². The standard InChI is InChI=1S/C13H11Cl2FN2/c1-7-2-3-12(11(17)4-7)18-13-9(14)5-8(16)6-10(13)15/h2-6,18H,17H2,1H3. The van der Waals surface area contributed by atoms with Crippen LogP contribution in [0.15, 0.2) is 30.3 Å². The molecule has 0 bridgehead atoms. The first kappa shape index (κ1) is 13.0. The molecule has 0 amide bonds. The largest absolute Gasteiger partial charge is 0.397 e. The number of halogens is 3. The lowest BCUT2D eigenvalue weighted by molar-refractivity contribution is 0.628. The van der Waals surface area contributed by atoms with Crippen molar-refractivity contribution in [3.8, 4) is 0 Å². The fourth-order valence-electron chi connectivity index (χ4n) is 1.59. The van der Waals surface area contributed by atoms with E-state index in [1.807, 2.05) is 25.1 Å². The molecular formula is C13H11Cl2FN2. The second-order valence-electron chi connectivity index (χ2n) is 3.96. The van der Waals surface area contributed by atoms with Crippen molar-refractivity contribution in [1.29, 1.82) is 0 Å². The van der Waals surface area contributed by atoms with Gasteiger partial charge in [-0.2, -0.15) is 0 Å². The zero-order chi connectivity index (χ0) is 13.3. The summed E-state index contributed by atoms with van der Waals surface area (Å²) >= 11 is 11.9. The Labute approximate surface area is 115 Å². The summed E-state index contributed by atoms with van der Waals surface area (Å²) in [5.41, 5.74) is 8.62. The lowest BCUT2D eigenvalue weighted by Gasteiger charge is -2.13. The number of hydrogen-bond acceptors (Lipinski definition) is 2. The highest BCUT2D eigenvalue weighted by Gasteiger charge is 2.10. The van der Waals surface area contributed by atoms with Crippen LogP contribution >= 0.6 is 23.2 Å². The molecule has 2 rings (SSSR count). The van der Waals surface area contributed by atoms with Gasteiger partial charge < -0.3 is 11.1 Å². The van der Waals surface area contributed by atoms with Gasteiger partial charge in [0.1, 0.15) is 5.82 Å². The van der Waals surface area contributed by atoms with Gasteiger partial charge >= 0.3 is 0 Å². The number of anilines is 3. The van der Waals surface area contributed by atoms with E-state index in [1.54, 1.807) is 0 Å². The third-order valence-electron chi connectivity index (χ3n) is 2.47. The highest BCUT2D eigenvalue weighted by molar-refractivity contribution is 6.39. The van der Waals surface area contributed by atoms with Crippen molar-refractivity contribution in [3.63, 3.8) is 0 Å². The van der Waals surface area contributed by atoms with Gasteiger partial charge in [-0.3, -0.25) is 0 Å². The van der Waals surface area contributed by atoms with Crippen molar-refractivity contribution in [2.24, 2.45) is 0 Å². The molecule has 0 radical (unpaired) electrons. The van der Waals surface area contributed by atoms with Crippen LogP contribution in [0.1, 0.15) is 5.56 Å². The van der Waals surface area contributed by atoms with Crippen LogP contribution in [0.25, 0.3) is 0 Å². The summed E-state index contributed by atoms with van der Waals surface area (Å²) in [7, 11) is 0. The Morgan fingerprint density at radius 2 is 1.72 bits per heavy atom. The molecule has 2 nitrogen and oxygen atoms in total. The molecule has 0 heterocycles. The molecule has 3 N–H and O–H groups in total. The van der Waals surface area contributed by atoms with Gasteiger partial charge in [-0.15, -0.1) is 0 Å². The van der Waals surface area contributed by atoms with E-state index in [-0.39, 0.29) is 10.0 Å². The average Bonchev–Trinajstić information content (AvgIpc) is 2.25. The number of rotatable bonds is 2. The summed E-state index contributed by atoms with van der Waals surface area (Å²) in [6.45, 7) is 1.94. The highest BCUT2D eigenvalue weighted by atomic mass is 35.5. The summed E-state index contributed by atoms with van der Waals surface area (Å²) in [6, 6.07) is 7.94. The number of nitrogen functional groups attached to an aromatic ring is 1. The van der Waals surface area contributed by atoms with Crippen LogP contribution in [-0.2, 0) is 0 Å². The summed E-state index contributed by atoms with van der Waals surface area (Å²) in [5, 5.41) is 3.42. The van der Waals surface area contributed by atoms with Crippen LogP contribution in [0.4, 0.5) is 21.5 Å². The van der Waals surface area contributed by atoms with Gasteiger partial charge in [0.2, 0.25) is 0 Å². The van der Waals surface area contributed by atoms with Gasteiger partial charge in [0.05, 0.1) is 27.1 Å². The monoisotopic (exact) mass is 284 g/mol. The average molecular weight is 285 g/mol. The maximum Gasteiger partial charge on any atom is 0.126 e. The van der Waals surface area contributed by atoms with Crippen molar-refractivity contribution in [1.82, 2.24) is 0 Å². The molecule has 94 valence electrons. The second kappa shape index (κ2) is 5.04. The first-order valence-electron chi connectivity index (χ1n) is 5.25. The van der Waals surface area contributed by atoms with Crippen LogP contribution in [0.2, 0.25) is 10.0 Å².